The fraction of sp³-hybridized carbons (Fsp3) is 0.360. The molecule has 0 aliphatic carbocycles. The van der Waals surface area contributed by atoms with E-state index in [1.807, 2.05) is 0 Å². The van der Waals surface area contributed by atoms with Gasteiger partial charge in [-0.25, -0.2) is 18.0 Å². The average molecular weight is 536 g/mol. The first-order valence-corrected chi connectivity index (χ1v) is 13.3. The number of hydrogen-bond acceptors (Lipinski definition) is 10. The van der Waals surface area contributed by atoms with E-state index in [1.54, 1.807) is 30.3 Å². The molecule has 0 bridgehead atoms. The molecule has 0 spiro atoms. The van der Waals surface area contributed by atoms with Crippen molar-refractivity contribution in [2.45, 2.75) is 30.6 Å². The van der Waals surface area contributed by atoms with Gasteiger partial charge in [0.15, 0.2) is 9.84 Å². The second-order valence-corrected chi connectivity index (χ2v) is 9.88. The summed E-state index contributed by atoms with van der Waals surface area (Å²) in [5.41, 5.74) is 1.44. The Morgan fingerprint density at radius 1 is 0.865 bits per heavy atom. The normalized spacial score (nSPS) is 11.7. The third kappa shape index (κ3) is 9.92. The Morgan fingerprint density at radius 3 is 2.05 bits per heavy atom. The van der Waals surface area contributed by atoms with Gasteiger partial charge in [-0.1, -0.05) is 48.9 Å². The second-order valence-electron chi connectivity index (χ2n) is 7.87. The molecule has 0 saturated heterocycles. The number of nitrogens with zero attached hydrogens (tertiary/aromatic N) is 1. The largest absolute Gasteiger partial charge is 0.508 e. The number of carbonyl (C=O) groups is 2. The van der Waals surface area contributed by atoms with Gasteiger partial charge in [0, 0.05) is 11.8 Å². The second kappa shape index (κ2) is 14.6. The molecule has 11 nitrogen and oxygen atoms in total. The third-order valence-corrected chi connectivity index (χ3v) is 6.30. The van der Waals surface area contributed by atoms with Crippen LogP contribution in [0.4, 0.5) is 4.79 Å². The van der Waals surface area contributed by atoms with E-state index in [2.05, 4.69) is 4.84 Å². The average Bonchev–Trinajstić information content (AvgIpc) is 2.87. The predicted molar refractivity (Wildman–Crippen MR) is 134 cm³/mol. The summed E-state index contributed by atoms with van der Waals surface area (Å²) < 4.78 is 39.1. The van der Waals surface area contributed by atoms with Crippen molar-refractivity contribution in [3.63, 3.8) is 0 Å². The quantitative estimate of drug-likeness (QED) is 0.0864. The third-order valence-electron chi connectivity index (χ3n) is 5.17. The summed E-state index contributed by atoms with van der Waals surface area (Å²) in [6.45, 7) is -0.242. The van der Waals surface area contributed by atoms with Crippen LogP contribution in [-0.2, 0) is 33.7 Å². The Bertz CT molecular complexity index is 1190. The van der Waals surface area contributed by atoms with Crippen molar-refractivity contribution in [1.82, 2.24) is 0 Å². The number of rotatable bonds is 14. The van der Waals surface area contributed by atoms with Crippen LogP contribution in [0.2, 0.25) is 0 Å². The molecule has 0 aliphatic rings. The van der Waals surface area contributed by atoms with Crippen LogP contribution >= 0.6 is 0 Å². The fourth-order valence-corrected chi connectivity index (χ4v) is 3.98. The van der Waals surface area contributed by atoms with Crippen molar-refractivity contribution in [2.24, 2.45) is 0 Å². The van der Waals surface area contributed by atoms with Gasteiger partial charge < -0.3 is 19.0 Å². The molecule has 0 unspecified atom stereocenters. The lowest BCUT2D eigenvalue weighted by atomic mass is 9.95. The van der Waals surface area contributed by atoms with E-state index in [1.165, 1.54) is 31.4 Å². The first-order chi connectivity index (χ1) is 17.6. The number of esters is 1. The maximum absolute atomic E-state index is 12.8. The van der Waals surface area contributed by atoms with Gasteiger partial charge in [0.1, 0.15) is 6.61 Å². The first kappa shape index (κ1) is 29.3. The van der Waals surface area contributed by atoms with Crippen LogP contribution < -0.4 is 0 Å². The highest BCUT2D eigenvalue weighted by atomic mass is 32.2. The minimum atomic E-state index is -3.44. The first-order valence-electron chi connectivity index (χ1n) is 11.4. The van der Waals surface area contributed by atoms with Gasteiger partial charge >= 0.3 is 12.1 Å². The highest BCUT2D eigenvalue weighted by molar-refractivity contribution is 7.90. The highest BCUT2D eigenvalue weighted by Crippen LogP contribution is 2.29. The molecule has 2 aromatic rings. The maximum Gasteiger partial charge on any atom is 0.508 e. The Balaban J connectivity index is 2.15. The lowest BCUT2D eigenvalue weighted by Crippen LogP contribution is -2.14. The topological polar surface area (TPSA) is 148 Å². The number of methoxy groups -OCH3 is 1. The molecule has 2 aromatic carbocycles. The molecule has 0 aliphatic heterocycles. The number of hydrogen-bond donors (Lipinski definition) is 0. The minimum absolute atomic E-state index is 0.0140. The van der Waals surface area contributed by atoms with Crippen LogP contribution in [0.25, 0.3) is 11.1 Å². The van der Waals surface area contributed by atoms with Crippen LogP contribution in [0.5, 0.6) is 0 Å². The van der Waals surface area contributed by atoms with E-state index in [4.69, 9.17) is 14.2 Å². The Morgan fingerprint density at radius 2 is 1.49 bits per heavy atom. The van der Waals surface area contributed by atoms with Gasteiger partial charge in [-0.2, -0.15) is 0 Å². The molecule has 0 amide bonds. The van der Waals surface area contributed by atoms with Crippen LogP contribution in [0.3, 0.4) is 0 Å². The number of sulfone groups is 1. The van der Waals surface area contributed by atoms with Gasteiger partial charge in [-0.15, -0.1) is 10.1 Å². The van der Waals surface area contributed by atoms with Crippen LogP contribution in [0.15, 0.2) is 59.5 Å². The molecule has 2 rings (SSSR count). The fourth-order valence-electron chi connectivity index (χ4n) is 3.35. The van der Waals surface area contributed by atoms with E-state index in [9.17, 15) is 28.1 Å². The highest BCUT2D eigenvalue weighted by Gasteiger charge is 2.22. The molecule has 0 radical (unpaired) electrons. The monoisotopic (exact) mass is 535 g/mol. The van der Waals surface area contributed by atoms with Gasteiger partial charge in [0.25, 0.3) is 5.09 Å². The lowest BCUT2D eigenvalue weighted by molar-refractivity contribution is -0.757. The van der Waals surface area contributed by atoms with Crippen molar-refractivity contribution in [1.29, 1.82) is 0 Å². The predicted octanol–water partition coefficient (Wildman–Crippen LogP) is 4.10. The Hall–Kier alpha value is -3.93. The molecule has 0 atom stereocenters. The minimum Gasteiger partial charge on any atom is -0.465 e. The summed E-state index contributed by atoms with van der Waals surface area (Å²) in [5.74, 6) is -0.661. The molecule has 0 heterocycles. The molecule has 0 fully saturated rings. The standard InChI is InChI=1S/C25H29NO10S/c1-33-24(27)23(20-10-6-5-7-11-20)22(19-12-14-21(15-13-19)37(2,31)32)18-35-25(28)34-16-8-3-4-9-17-36-26(29)30/h5-7,10-15H,3-4,8-9,16-18H2,1-2H3. The molecule has 0 saturated carbocycles. The Labute approximate surface area is 215 Å². The molecule has 200 valence electrons. The SMILES string of the molecule is COC(=O)C(=C(COC(=O)OCCCCCCO[N+](=O)[O-])c1ccc(S(C)(=O)=O)cc1)c1ccccc1. The van der Waals surface area contributed by atoms with E-state index in [0.29, 0.717) is 42.4 Å². The van der Waals surface area contributed by atoms with Crippen molar-refractivity contribution in [2.75, 3.05) is 33.2 Å². The van der Waals surface area contributed by atoms with Crippen LogP contribution in [0.1, 0.15) is 36.8 Å². The van der Waals surface area contributed by atoms with Crippen LogP contribution in [0, 0.1) is 10.1 Å². The summed E-state index contributed by atoms with van der Waals surface area (Å²) in [4.78, 5) is 39.4. The maximum atomic E-state index is 12.8. The van der Waals surface area contributed by atoms with Gasteiger partial charge in [0.2, 0.25) is 0 Å². The van der Waals surface area contributed by atoms with Gasteiger partial charge in [-0.3, -0.25) is 0 Å². The van der Waals surface area contributed by atoms with Gasteiger partial charge in [0.05, 0.1) is 30.8 Å². The van der Waals surface area contributed by atoms with Gasteiger partial charge in [-0.05, 0) is 42.5 Å². The molecule has 0 N–H and O–H groups in total. The van der Waals surface area contributed by atoms with Crippen molar-refractivity contribution in [3.8, 4) is 0 Å². The smallest absolute Gasteiger partial charge is 0.465 e. The Kier molecular flexibility index (Phi) is 11.6. The van der Waals surface area contributed by atoms with E-state index in [0.717, 1.165) is 6.26 Å². The number of ether oxygens (including phenoxy) is 3. The molecule has 0 aromatic heterocycles. The molecule has 37 heavy (non-hydrogen) atoms. The zero-order valence-electron chi connectivity index (χ0n) is 20.6. The summed E-state index contributed by atoms with van der Waals surface area (Å²) in [6.07, 6.45) is 2.52. The van der Waals surface area contributed by atoms with E-state index in [-0.39, 0.29) is 30.3 Å². The van der Waals surface area contributed by atoms with E-state index >= 15 is 0 Å². The molecule has 12 heteroatoms. The summed E-state index contributed by atoms with van der Waals surface area (Å²) in [5, 5.41) is 9.26. The summed E-state index contributed by atoms with van der Waals surface area (Å²) in [6, 6.07) is 14.5. The van der Waals surface area contributed by atoms with Crippen LogP contribution in [-0.4, -0.2) is 58.8 Å². The zero-order valence-corrected chi connectivity index (χ0v) is 21.4. The number of unbranched alkanes of at least 4 members (excludes halogenated alkanes) is 3. The van der Waals surface area contributed by atoms with Crippen molar-refractivity contribution >= 4 is 33.1 Å². The summed E-state index contributed by atoms with van der Waals surface area (Å²) in [7, 11) is -2.21. The van der Waals surface area contributed by atoms with E-state index < -0.39 is 27.0 Å². The zero-order chi connectivity index (χ0) is 27.3. The molecular formula is C25H29NO10S. The summed E-state index contributed by atoms with van der Waals surface area (Å²) >= 11 is 0. The number of carbonyl (C=O) groups excluding carboxylic acids is 2. The van der Waals surface area contributed by atoms with Crippen molar-refractivity contribution in [3.05, 3.63) is 75.8 Å². The number of benzene rings is 2. The lowest BCUT2D eigenvalue weighted by Gasteiger charge is -2.16. The van der Waals surface area contributed by atoms with Crippen molar-refractivity contribution < 1.29 is 42.1 Å². The molecular weight excluding hydrogens is 506 g/mol.